The second-order valence-electron chi connectivity index (χ2n) is 5.85. The highest BCUT2D eigenvalue weighted by Gasteiger charge is 2.25. The number of piperidine rings is 1. The van der Waals surface area contributed by atoms with Crippen LogP contribution in [0, 0.1) is 11.8 Å². The molecule has 2 fully saturated rings. The summed E-state index contributed by atoms with van der Waals surface area (Å²) in [5.74, 6) is 0.859. The summed E-state index contributed by atoms with van der Waals surface area (Å²) >= 11 is 0. The summed E-state index contributed by atoms with van der Waals surface area (Å²) in [6.07, 6.45) is 5.26. The number of carbonyl (C=O) groups is 1. The van der Waals surface area contributed by atoms with E-state index in [0.29, 0.717) is 6.04 Å². The molecular formula is C14H26N2O2. The first kappa shape index (κ1) is 13.8. The van der Waals surface area contributed by atoms with Gasteiger partial charge in [-0.1, -0.05) is 6.92 Å². The van der Waals surface area contributed by atoms with Gasteiger partial charge in [-0.2, -0.15) is 0 Å². The van der Waals surface area contributed by atoms with Gasteiger partial charge < -0.3 is 15.0 Å². The molecule has 2 rings (SSSR count). The van der Waals surface area contributed by atoms with Crippen LogP contribution in [0.3, 0.4) is 0 Å². The number of nitrogens with zero attached hydrogens (tertiary/aromatic N) is 1. The van der Waals surface area contributed by atoms with Crippen LogP contribution in [0.4, 0.5) is 0 Å². The van der Waals surface area contributed by atoms with Gasteiger partial charge >= 0.3 is 5.97 Å². The third-order valence-corrected chi connectivity index (χ3v) is 4.12. The minimum Gasteiger partial charge on any atom is -0.469 e. The lowest BCUT2D eigenvalue weighted by Gasteiger charge is -2.33. The van der Waals surface area contributed by atoms with Crippen LogP contribution >= 0.6 is 0 Å². The minimum atomic E-state index is -0.0935. The van der Waals surface area contributed by atoms with Crippen molar-refractivity contribution in [2.24, 2.45) is 11.8 Å². The smallest absolute Gasteiger partial charge is 0.309 e. The lowest BCUT2D eigenvalue weighted by Crippen LogP contribution is -2.45. The number of ether oxygens (including phenoxy) is 1. The van der Waals surface area contributed by atoms with Crippen molar-refractivity contribution in [3.63, 3.8) is 0 Å². The quantitative estimate of drug-likeness (QED) is 0.725. The molecule has 0 aromatic rings. The molecule has 1 heterocycles. The molecule has 1 saturated heterocycles. The molecule has 0 spiro atoms. The highest BCUT2D eigenvalue weighted by Crippen LogP contribution is 2.28. The normalized spacial score (nSPS) is 23.9. The summed E-state index contributed by atoms with van der Waals surface area (Å²) in [4.78, 5) is 13.8. The summed E-state index contributed by atoms with van der Waals surface area (Å²) in [5.41, 5.74) is 0. The van der Waals surface area contributed by atoms with E-state index in [0.717, 1.165) is 25.6 Å². The Labute approximate surface area is 110 Å². The van der Waals surface area contributed by atoms with E-state index in [2.05, 4.69) is 10.2 Å². The lowest BCUT2D eigenvalue weighted by atomic mass is 10.0. The molecule has 0 aromatic heterocycles. The maximum atomic E-state index is 11.4. The van der Waals surface area contributed by atoms with E-state index < -0.39 is 0 Å². The molecule has 4 nitrogen and oxygen atoms in total. The zero-order valence-electron chi connectivity index (χ0n) is 11.7. The van der Waals surface area contributed by atoms with Crippen molar-refractivity contribution in [2.75, 3.05) is 33.3 Å². The van der Waals surface area contributed by atoms with E-state index in [9.17, 15) is 4.79 Å². The zero-order chi connectivity index (χ0) is 13.0. The number of likely N-dealkylation sites (tertiary alicyclic amines) is 1. The maximum absolute atomic E-state index is 11.4. The molecule has 0 radical (unpaired) electrons. The van der Waals surface area contributed by atoms with Crippen LogP contribution in [-0.4, -0.2) is 50.2 Å². The molecule has 1 saturated carbocycles. The summed E-state index contributed by atoms with van der Waals surface area (Å²) < 4.78 is 4.77. The molecule has 18 heavy (non-hydrogen) atoms. The van der Waals surface area contributed by atoms with Gasteiger partial charge in [0.25, 0.3) is 0 Å². The van der Waals surface area contributed by atoms with Gasteiger partial charge in [-0.25, -0.2) is 0 Å². The molecule has 1 unspecified atom stereocenters. The van der Waals surface area contributed by atoms with Crippen molar-refractivity contribution in [2.45, 2.75) is 38.6 Å². The van der Waals surface area contributed by atoms with Crippen molar-refractivity contribution in [1.82, 2.24) is 10.2 Å². The van der Waals surface area contributed by atoms with E-state index in [4.69, 9.17) is 4.74 Å². The Morgan fingerprint density at radius 1 is 1.33 bits per heavy atom. The van der Waals surface area contributed by atoms with Crippen LogP contribution in [0.15, 0.2) is 0 Å². The van der Waals surface area contributed by atoms with Crippen molar-refractivity contribution >= 4 is 5.97 Å². The molecule has 4 heteroatoms. The van der Waals surface area contributed by atoms with E-state index in [1.54, 1.807) is 0 Å². The SMILES string of the molecule is COC(=O)C(C)CN1CCC(NCC2CC2)CC1. The van der Waals surface area contributed by atoms with Gasteiger partial charge in [0.2, 0.25) is 0 Å². The van der Waals surface area contributed by atoms with Crippen LogP contribution in [0.1, 0.15) is 32.6 Å². The maximum Gasteiger partial charge on any atom is 0.309 e. The minimum absolute atomic E-state index is 0.00836. The topological polar surface area (TPSA) is 41.6 Å². The first-order valence-electron chi connectivity index (χ1n) is 7.22. The largest absolute Gasteiger partial charge is 0.469 e. The van der Waals surface area contributed by atoms with Gasteiger partial charge in [0.1, 0.15) is 0 Å². The Hall–Kier alpha value is -0.610. The number of esters is 1. The van der Waals surface area contributed by atoms with Crippen molar-refractivity contribution < 1.29 is 9.53 Å². The number of rotatable bonds is 6. The number of hydrogen-bond donors (Lipinski definition) is 1. The molecule has 2 aliphatic rings. The molecule has 1 aliphatic heterocycles. The average molecular weight is 254 g/mol. The van der Waals surface area contributed by atoms with Crippen molar-refractivity contribution in [3.05, 3.63) is 0 Å². The van der Waals surface area contributed by atoms with Gasteiger partial charge in [-0.3, -0.25) is 4.79 Å². The third kappa shape index (κ3) is 4.25. The Morgan fingerprint density at radius 2 is 2.00 bits per heavy atom. The molecule has 1 aliphatic carbocycles. The molecule has 0 bridgehead atoms. The van der Waals surface area contributed by atoms with E-state index in [1.807, 2.05) is 6.92 Å². The van der Waals surface area contributed by atoms with Gasteiger partial charge in [-0.15, -0.1) is 0 Å². The Balaban J connectivity index is 1.61. The van der Waals surface area contributed by atoms with Crippen LogP contribution in [0.2, 0.25) is 0 Å². The monoisotopic (exact) mass is 254 g/mol. The summed E-state index contributed by atoms with van der Waals surface area (Å²) in [6, 6.07) is 0.690. The zero-order valence-corrected chi connectivity index (χ0v) is 11.7. The third-order valence-electron chi connectivity index (χ3n) is 4.12. The Kier molecular flexibility index (Phi) is 5.01. The van der Waals surface area contributed by atoms with Crippen LogP contribution in [0.25, 0.3) is 0 Å². The predicted octanol–water partition coefficient (Wildman–Crippen LogP) is 1.26. The highest BCUT2D eigenvalue weighted by molar-refractivity contribution is 5.72. The van der Waals surface area contributed by atoms with Gasteiger partial charge in [0, 0.05) is 12.6 Å². The molecule has 1 N–H and O–H groups in total. The van der Waals surface area contributed by atoms with Crippen molar-refractivity contribution in [1.29, 1.82) is 0 Å². The first-order valence-corrected chi connectivity index (χ1v) is 7.22. The van der Waals surface area contributed by atoms with Crippen LogP contribution < -0.4 is 5.32 Å². The highest BCUT2D eigenvalue weighted by atomic mass is 16.5. The molecular weight excluding hydrogens is 228 g/mol. The molecule has 104 valence electrons. The first-order chi connectivity index (χ1) is 8.69. The second-order valence-corrected chi connectivity index (χ2v) is 5.85. The fourth-order valence-electron chi connectivity index (χ4n) is 2.64. The number of hydrogen-bond acceptors (Lipinski definition) is 4. The van der Waals surface area contributed by atoms with Crippen molar-refractivity contribution in [3.8, 4) is 0 Å². The van der Waals surface area contributed by atoms with E-state index >= 15 is 0 Å². The summed E-state index contributed by atoms with van der Waals surface area (Å²) in [7, 11) is 1.47. The summed E-state index contributed by atoms with van der Waals surface area (Å²) in [5, 5.41) is 3.67. The molecule has 0 aromatic carbocycles. The Morgan fingerprint density at radius 3 is 2.56 bits per heavy atom. The van der Waals surface area contributed by atoms with E-state index in [1.165, 1.54) is 39.3 Å². The fraction of sp³-hybridized carbons (Fsp3) is 0.929. The van der Waals surface area contributed by atoms with Gasteiger partial charge in [0.05, 0.1) is 13.0 Å². The van der Waals surface area contributed by atoms with Crippen LogP contribution in [0.5, 0.6) is 0 Å². The lowest BCUT2D eigenvalue weighted by molar-refractivity contribution is -0.145. The number of nitrogens with one attached hydrogen (secondary N) is 1. The van der Waals surface area contributed by atoms with Gasteiger partial charge in [-0.05, 0) is 51.2 Å². The standard InChI is InChI=1S/C14H26N2O2/c1-11(14(17)18-2)10-16-7-5-13(6-8-16)15-9-12-3-4-12/h11-13,15H,3-10H2,1-2H3. The number of methoxy groups -OCH3 is 1. The average Bonchev–Trinajstić information content (AvgIpc) is 3.21. The summed E-state index contributed by atoms with van der Waals surface area (Å²) in [6.45, 7) is 6.20. The predicted molar refractivity (Wildman–Crippen MR) is 71.4 cm³/mol. The number of carbonyl (C=O) groups excluding carboxylic acids is 1. The van der Waals surface area contributed by atoms with E-state index in [-0.39, 0.29) is 11.9 Å². The molecule has 0 amide bonds. The fourth-order valence-corrected chi connectivity index (χ4v) is 2.64. The second kappa shape index (κ2) is 6.53. The molecule has 1 atom stereocenters. The Bertz CT molecular complexity index is 271. The van der Waals surface area contributed by atoms with Gasteiger partial charge in [0.15, 0.2) is 0 Å². The van der Waals surface area contributed by atoms with Crippen LogP contribution in [-0.2, 0) is 9.53 Å².